The molecule has 0 unspecified atom stereocenters. The van der Waals surface area contributed by atoms with Gasteiger partial charge in [0.25, 0.3) is 5.91 Å². The number of pyridine rings is 1. The van der Waals surface area contributed by atoms with Crippen LogP contribution in [0.1, 0.15) is 59.6 Å². The lowest BCUT2D eigenvalue weighted by Crippen LogP contribution is -2.50. The highest BCUT2D eigenvalue weighted by molar-refractivity contribution is 6.34. The molecule has 2 aliphatic heterocycles. The molecule has 2 aliphatic rings. The van der Waals surface area contributed by atoms with E-state index in [1.165, 1.54) is 0 Å². The molecular formula is C31H34ClN5O2. The first kappa shape index (κ1) is 27.3. The quantitative estimate of drug-likeness (QED) is 0.436. The smallest absolute Gasteiger partial charge is 0.255 e. The summed E-state index contributed by atoms with van der Waals surface area (Å²) >= 11 is 6.71. The summed E-state index contributed by atoms with van der Waals surface area (Å²) in [5, 5.41) is 0.419. The second-order valence-electron chi connectivity index (χ2n) is 9.91. The molecule has 0 bridgehead atoms. The molecule has 2 aromatic heterocycles. The molecule has 0 saturated carbocycles. The topological polar surface area (TPSA) is 71.5 Å². The van der Waals surface area contributed by atoms with Gasteiger partial charge in [0.1, 0.15) is 6.33 Å². The number of carbonyl (C=O) groups excluding carboxylic acids is 1. The van der Waals surface area contributed by atoms with Gasteiger partial charge in [-0.3, -0.25) is 14.7 Å². The number of rotatable bonds is 5. The van der Waals surface area contributed by atoms with E-state index in [0.29, 0.717) is 22.3 Å². The van der Waals surface area contributed by atoms with Crippen LogP contribution in [0, 0.1) is 11.8 Å². The molecule has 0 aliphatic carbocycles. The summed E-state index contributed by atoms with van der Waals surface area (Å²) in [6, 6.07) is 10.0. The van der Waals surface area contributed by atoms with E-state index in [2.05, 4.69) is 38.6 Å². The number of hydrogen-bond acceptors (Lipinski definition) is 6. The van der Waals surface area contributed by atoms with Crippen molar-refractivity contribution in [1.82, 2.24) is 24.8 Å². The number of benzene rings is 1. The average Bonchev–Trinajstić information content (AvgIpc) is 3.00. The molecule has 0 atom stereocenters. The first-order valence-corrected chi connectivity index (χ1v) is 14.2. The lowest BCUT2D eigenvalue weighted by Gasteiger charge is -2.40. The number of hydrogen-bond donors (Lipinski definition) is 0. The van der Waals surface area contributed by atoms with Crippen LogP contribution in [0.25, 0.3) is 11.3 Å². The van der Waals surface area contributed by atoms with Gasteiger partial charge in [-0.15, -0.1) is 0 Å². The predicted octanol–water partition coefficient (Wildman–Crippen LogP) is 4.65. The van der Waals surface area contributed by atoms with E-state index in [1.54, 1.807) is 12.5 Å². The zero-order valence-electron chi connectivity index (χ0n) is 22.6. The summed E-state index contributed by atoms with van der Waals surface area (Å²) in [6.45, 7) is 9.13. The zero-order valence-corrected chi connectivity index (χ0v) is 23.4. The summed E-state index contributed by atoms with van der Waals surface area (Å²) in [5.74, 6) is 6.47. The van der Waals surface area contributed by atoms with Crippen LogP contribution in [0.3, 0.4) is 0 Å². The predicted molar refractivity (Wildman–Crippen MR) is 153 cm³/mol. The first-order chi connectivity index (χ1) is 19.1. The fourth-order valence-electron chi connectivity index (χ4n) is 5.27. The molecule has 0 radical (unpaired) electrons. The van der Waals surface area contributed by atoms with Crippen LogP contribution in [-0.2, 0) is 17.6 Å². The van der Waals surface area contributed by atoms with Crippen molar-refractivity contribution < 1.29 is 9.53 Å². The molecule has 202 valence electrons. The van der Waals surface area contributed by atoms with Crippen molar-refractivity contribution in [2.75, 3.05) is 39.4 Å². The molecule has 8 heteroatoms. The van der Waals surface area contributed by atoms with E-state index in [1.807, 2.05) is 42.2 Å². The Labute approximate surface area is 235 Å². The Balaban J connectivity index is 1.34. The van der Waals surface area contributed by atoms with Gasteiger partial charge in [0.2, 0.25) is 0 Å². The summed E-state index contributed by atoms with van der Waals surface area (Å²) in [7, 11) is 0. The van der Waals surface area contributed by atoms with Gasteiger partial charge in [-0.2, -0.15) is 0 Å². The van der Waals surface area contributed by atoms with Gasteiger partial charge < -0.3 is 9.64 Å². The number of amides is 1. The molecule has 39 heavy (non-hydrogen) atoms. The van der Waals surface area contributed by atoms with Gasteiger partial charge >= 0.3 is 0 Å². The van der Waals surface area contributed by atoms with Gasteiger partial charge in [0.15, 0.2) is 0 Å². The minimum atomic E-state index is -0.0213. The van der Waals surface area contributed by atoms with E-state index in [9.17, 15) is 4.79 Å². The summed E-state index contributed by atoms with van der Waals surface area (Å²) in [6.07, 6.45) is 6.90. The maximum atomic E-state index is 13.4. The Morgan fingerprint density at radius 2 is 1.79 bits per heavy atom. The molecule has 4 heterocycles. The number of ether oxygens (including phenoxy) is 1. The number of likely N-dealkylation sites (tertiary alicyclic amines) is 1. The fraction of sp³-hybridized carbons (Fsp3) is 0.419. The van der Waals surface area contributed by atoms with Crippen LogP contribution in [0.15, 0.2) is 42.9 Å². The number of nitrogens with zero attached hydrogens (tertiary/aromatic N) is 5. The molecule has 5 rings (SSSR count). The summed E-state index contributed by atoms with van der Waals surface area (Å²) in [4.78, 5) is 31.3. The maximum absolute atomic E-state index is 13.4. The fourth-order valence-corrected chi connectivity index (χ4v) is 5.53. The number of aryl methyl sites for hydroxylation is 2. The van der Waals surface area contributed by atoms with E-state index in [-0.39, 0.29) is 5.91 Å². The first-order valence-electron chi connectivity index (χ1n) is 13.8. The highest BCUT2D eigenvalue weighted by Crippen LogP contribution is 2.29. The minimum absolute atomic E-state index is 0.0213. The van der Waals surface area contributed by atoms with E-state index in [0.717, 1.165) is 93.2 Å². The number of halogens is 1. The maximum Gasteiger partial charge on any atom is 0.255 e. The Hall–Kier alpha value is -3.31. The van der Waals surface area contributed by atoms with Gasteiger partial charge in [0.05, 0.1) is 40.8 Å². The number of piperidine rings is 1. The highest BCUT2D eigenvalue weighted by Gasteiger charge is 2.29. The largest absolute Gasteiger partial charge is 0.379 e. The second kappa shape index (κ2) is 12.7. The van der Waals surface area contributed by atoms with Gasteiger partial charge in [0, 0.05) is 55.2 Å². The van der Waals surface area contributed by atoms with Gasteiger partial charge in [-0.1, -0.05) is 43.4 Å². The third kappa shape index (κ3) is 6.30. The van der Waals surface area contributed by atoms with Crippen molar-refractivity contribution in [2.24, 2.45) is 0 Å². The van der Waals surface area contributed by atoms with Crippen molar-refractivity contribution in [3.63, 3.8) is 0 Å². The SMILES string of the molecule is CCc1ccc(C#Cc2c(CC)ncnc2-c2ccc(C(=O)N3CCC(N4CCOCC4)CC3)c(Cl)c2)cn1. The molecule has 2 fully saturated rings. The molecule has 3 aromatic rings. The highest BCUT2D eigenvalue weighted by atomic mass is 35.5. The Morgan fingerprint density at radius 1 is 1.00 bits per heavy atom. The minimum Gasteiger partial charge on any atom is -0.379 e. The van der Waals surface area contributed by atoms with Crippen molar-refractivity contribution in [3.8, 4) is 23.1 Å². The number of aromatic nitrogens is 3. The molecule has 2 saturated heterocycles. The lowest BCUT2D eigenvalue weighted by atomic mass is 10.00. The molecule has 0 N–H and O–H groups in total. The van der Waals surface area contributed by atoms with Crippen LogP contribution in [0.4, 0.5) is 0 Å². The van der Waals surface area contributed by atoms with Crippen molar-refractivity contribution in [2.45, 2.75) is 45.6 Å². The Morgan fingerprint density at radius 3 is 2.46 bits per heavy atom. The van der Waals surface area contributed by atoms with Crippen molar-refractivity contribution >= 4 is 17.5 Å². The van der Waals surface area contributed by atoms with Crippen molar-refractivity contribution in [3.05, 3.63) is 76.0 Å². The van der Waals surface area contributed by atoms with Crippen molar-refractivity contribution in [1.29, 1.82) is 0 Å². The van der Waals surface area contributed by atoms with Crippen LogP contribution < -0.4 is 0 Å². The number of carbonyl (C=O) groups is 1. The van der Waals surface area contributed by atoms with Gasteiger partial charge in [-0.05, 0) is 49.9 Å². The Kier molecular flexibility index (Phi) is 8.88. The number of morpholine rings is 1. The zero-order chi connectivity index (χ0) is 27.2. The van der Waals surface area contributed by atoms with E-state index >= 15 is 0 Å². The van der Waals surface area contributed by atoms with Gasteiger partial charge in [-0.25, -0.2) is 9.97 Å². The van der Waals surface area contributed by atoms with Crippen LogP contribution in [-0.4, -0.2) is 76.1 Å². The van der Waals surface area contributed by atoms with Crippen LogP contribution in [0.5, 0.6) is 0 Å². The normalized spacial score (nSPS) is 16.5. The standard InChI is InChI=1S/C31H34ClN5O2/c1-3-24-8-5-22(20-33-24)6-9-27-29(4-2)34-21-35-30(27)23-7-10-26(28(32)19-23)31(38)37-13-11-25(12-14-37)36-15-17-39-18-16-36/h5,7-8,10,19-21,25H,3-4,11-18H2,1-2H3. The van der Waals surface area contributed by atoms with E-state index in [4.69, 9.17) is 16.3 Å². The third-order valence-electron chi connectivity index (χ3n) is 7.57. The molecule has 1 amide bonds. The summed E-state index contributed by atoms with van der Waals surface area (Å²) in [5.41, 5.74) is 5.53. The van der Waals surface area contributed by atoms with E-state index < -0.39 is 0 Å². The molecule has 7 nitrogen and oxygen atoms in total. The van der Waals surface area contributed by atoms with Crippen LogP contribution >= 0.6 is 11.6 Å². The monoisotopic (exact) mass is 543 g/mol. The molecular weight excluding hydrogens is 510 g/mol. The third-order valence-corrected chi connectivity index (χ3v) is 7.88. The molecule has 0 spiro atoms. The lowest BCUT2D eigenvalue weighted by molar-refractivity contribution is 0.00159. The average molecular weight is 544 g/mol. The second-order valence-corrected chi connectivity index (χ2v) is 10.3. The summed E-state index contributed by atoms with van der Waals surface area (Å²) < 4.78 is 5.49. The van der Waals surface area contributed by atoms with Crippen LogP contribution in [0.2, 0.25) is 5.02 Å². The Bertz CT molecular complexity index is 1370. The molecule has 1 aromatic carbocycles.